The summed E-state index contributed by atoms with van der Waals surface area (Å²) in [6.45, 7) is 6.64. The highest BCUT2D eigenvalue weighted by Crippen LogP contribution is 2.31. The monoisotopic (exact) mass is 271 g/mol. The number of carbonyl (C=O) groups is 2. The van der Waals surface area contributed by atoms with Crippen LogP contribution in [0.25, 0.3) is 0 Å². The number of amides is 1. The maximum absolute atomic E-state index is 12.2. The number of carbonyl (C=O) groups excluding carboxylic acids is 2. The summed E-state index contributed by atoms with van der Waals surface area (Å²) in [5, 5.41) is 2.71. The van der Waals surface area contributed by atoms with Crippen LogP contribution >= 0.6 is 0 Å². The van der Waals surface area contributed by atoms with Gasteiger partial charge in [-0.3, -0.25) is 0 Å². The summed E-state index contributed by atoms with van der Waals surface area (Å²) < 4.78 is 10.3. The van der Waals surface area contributed by atoms with Gasteiger partial charge in [-0.05, 0) is 25.2 Å². The summed E-state index contributed by atoms with van der Waals surface area (Å²) in [6, 6.07) is 0. The van der Waals surface area contributed by atoms with E-state index in [1.54, 1.807) is 0 Å². The van der Waals surface area contributed by atoms with Crippen molar-refractivity contribution in [1.82, 2.24) is 5.32 Å². The minimum atomic E-state index is -0.875. The number of ether oxygens (including phenoxy) is 2. The summed E-state index contributed by atoms with van der Waals surface area (Å²) in [5.41, 5.74) is -0.875. The molecule has 0 aromatic rings. The summed E-state index contributed by atoms with van der Waals surface area (Å²) in [6.07, 6.45) is 3.34. The molecule has 1 N–H and O–H groups in total. The van der Waals surface area contributed by atoms with Gasteiger partial charge < -0.3 is 14.8 Å². The van der Waals surface area contributed by atoms with Gasteiger partial charge in [0.2, 0.25) is 0 Å². The Morgan fingerprint density at radius 1 is 1.21 bits per heavy atom. The highest BCUT2D eigenvalue weighted by Gasteiger charge is 2.44. The van der Waals surface area contributed by atoms with Crippen molar-refractivity contribution >= 4 is 12.1 Å². The predicted molar refractivity (Wildman–Crippen MR) is 71.8 cm³/mol. The molecule has 0 atom stereocenters. The molecule has 0 saturated heterocycles. The number of alkyl carbamates (subject to hydrolysis) is 1. The fourth-order valence-corrected chi connectivity index (χ4v) is 2.17. The van der Waals surface area contributed by atoms with E-state index in [1.165, 1.54) is 0 Å². The Hall–Kier alpha value is -1.26. The molecule has 0 radical (unpaired) electrons. The minimum Gasteiger partial charge on any atom is -0.464 e. The van der Waals surface area contributed by atoms with Crippen molar-refractivity contribution < 1.29 is 19.1 Å². The second kappa shape index (κ2) is 7.36. The number of hydrogen-bond acceptors (Lipinski definition) is 4. The first-order valence-electron chi connectivity index (χ1n) is 7.12. The van der Waals surface area contributed by atoms with Gasteiger partial charge in [0.25, 0.3) is 0 Å². The zero-order chi connectivity index (χ0) is 14.3. The number of esters is 1. The van der Waals surface area contributed by atoms with Crippen molar-refractivity contribution in [2.24, 2.45) is 5.92 Å². The number of hydrogen-bond donors (Lipinski definition) is 1. The molecule has 1 rings (SSSR count). The molecule has 1 aliphatic carbocycles. The smallest absolute Gasteiger partial charge is 0.408 e. The van der Waals surface area contributed by atoms with Crippen LogP contribution in [0.2, 0.25) is 0 Å². The van der Waals surface area contributed by atoms with E-state index < -0.39 is 11.6 Å². The van der Waals surface area contributed by atoms with Crippen molar-refractivity contribution in [3.63, 3.8) is 0 Å². The van der Waals surface area contributed by atoms with Gasteiger partial charge in [-0.2, -0.15) is 0 Å². The lowest BCUT2D eigenvalue weighted by atomic mass is 9.98. The summed E-state index contributed by atoms with van der Waals surface area (Å²) >= 11 is 0. The Kier molecular flexibility index (Phi) is 6.12. The zero-order valence-electron chi connectivity index (χ0n) is 12.2. The van der Waals surface area contributed by atoms with E-state index in [0.717, 1.165) is 19.3 Å². The van der Waals surface area contributed by atoms with Crippen LogP contribution < -0.4 is 5.32 Å². The van der Waals surface area contributed by atoms with Crippen molar-refractivity contribution in [2.45, 2.75) is 58.4 Å². The normalized spacial score (nSPS) is 17.3. The molecule has 1 aliphatic rings. The topological polar surface area (TPSA) is 64.6 Å². The lowest BCUT2D eigenvalue weighted by Crippen LogP contribution is -2.53. The summed E-state index contributed by atoms with van der Waals surface area (Å²) in [5.74, 6) is -0.0402. The lowest BCUT2D eigenvalue weighted by molar-refractivity contribution is -0.152. The number of nitrogens with one attached hydrogen (secondary N) is 1. The molecule has 0 aromatic carbocycles. The SMILES string of the molecule is CCCOC(=O)NC1(C(=O)OCC(C)C)CCCC1. The molecule has 1 amide bonds. The van der Waals surface area contributed by atoms with E-state index in [1.807, 2.05) is 20.8 Å². The van der Waals surface area contributed by atoms with Crippen molar-refractivity contribution in [3.8, 4) is 0 Å². The van der Waals surface area contributed by atoms with Crippen LogP contribution in [-0.2, 0) is 14.3 Å². The van der Waals surface area contributed by atoms with Crippen LogP contribution in [0.4, 0.5) is 4.79 Å². The van der Waals surface area contributed by atoms with Crippen LogP contribution in [0.5, 0.6) is 0 Å². The van der Waals surface area contributed by atoms with Gasteiger partial charge in [0.05, 0.1) is 13.2 Å². The molecule has 5 heteroatoms. The molecule has 19 heavy (non-hydrogen) atoms. The van der Waals surface area contributed by atoms with Gasteiger partial charge in [-0.15, -0.1) is 0 Å². The van der Waals surface area contributed by atoms with Crippen molar-refractivity contribution in [3.05, 3.63) is 0 Å². The van der Waals surface area contributed by atoms with E-state index in [-0.39, 0.29) is 11.9 Å². The quantitative estimate of drug-likeness (QED) is 0.754. The summed E-state index contributed by atoms with van der Waals surface area (Å²) in [7, 11) is 0. The van der Waals surface area contributed by atoms with Crippen LogP contribution in [0.3, 0.4) is 0 Å². The maximum atomic E-state index is 12.2. The second-order valence-corrected chi connectivity index (χ2v) is 5.54. The van der Waals surface area contributed by atoms with Crippen LogP contribution in [0, 0.1) is 5.92 Å². The fourth-order valence-electron chi connectivity index (χ4n) is 2.17. The highest BCUT2D eigenvalue weighted by atomic mass is 16.6. The highest BCUT2D eigenvalue weighted by molar-refractivity contribution is 5.86. The van der Waals surface area contributed by atoms with E-state index >= 15 is 0 Å². The van der Waals surface area contributed by atoms with E-state index in [4.69, 9.17) is 9.47 Å². The average molecular weight is 271 g/mol. The van der Waals surface area contributed by atoms with Gasteiger partial charge in [0, 0.05) is 0 Å². The first-order chi connectivity index (χ1) is 9.00. The third kappa shape index (κ3) is 4.73. The molecule has 1 saturated carbocycles. The van der Waals surface area contributed by atoms with Gasteiger partial charge in [-0.25, -0.2) is 9.59 Å². The Bertz CT molecular complexity index is 309. The molecule has 0 heterocycles. The van der Waals surface area contributed by atoms with Crippen molar-refractivity contribution in [2.75, 3.05) is 13.2 Å². The van der Waals surface area contributed by atoms with Crippen LogP contribution in [0.1, 0.15) is 52.9 Å². The standard InChI is InChI=1S/C14H25NO4/c1-4-9-18-13(17)15-14(7-5-6-8-14)12(16)19-10-11(2)3/h11H,4-10H2,1-3H3,(H,15,17). The largest absolute Gasteiger partial charge is 0.464 e. The molecular weight excluding hydrogens is 246 g/mol. The Labute approximate surface area is 115 Å². The number of rotatable bonds is 6. The third-order valence-corrected chi connectivity index (χ3v) is 3.17. The average Bonchev–Trinajstić information content (AvgIpc) is 2.83. The minimum absolute atomic E-state index is 0.287. The van der Waals surface area contributed by atoms with Crippen LogP contribution in [0.15, 0.2) is 0 Å². The Morgan fingerprint density at radius 3 is 2.37 bits per heavy atom. The molecule has 0 spiro atoms. The van der Waals surface area contributed by atoms with Gasteiger partial charge in [0.15, 0.2) is 0 Å². The molecule has 0 aromatic heterocycles. The molecule has 0 aliphatic heterocycles. The molecule has 110 valence electrons. The Morgan fingerprint density at radius 2 is 1.84 bits per heavy atom. The zero-order valence-corrected chi connectivity index (χ0v) is 12.2. The molecule has 1 fully saturated rings. The van der Waals surface area contributed by atoms with Crippen LogP contribution in [-0.4, -0.2) is 30.8 Å². The van der Waals surface area contributed by atoms with Gasteiger partial charge in [0.1, 0.15) is 5.54 Å². The summed E-state index contributed by atoms with van der Waals surface area (Å²) in [4.78, 5) is 23.9. The molecular formula is C14H25NO4. The third-order valence-electron chi connectivity index (χ3n) is 3.17. The second-order valence-electron chi connectivity index (χ2n) is 5.54. The Balaban J connectivity index is 2.58. The van der Waals surface area contributed by atoms with E-state index in [2.05, 4.69) is 5.32 Å². The fraction of sp³-hybridized carbons (Fsp3) is 0.857. The van der Waals surface area contributed by atoms with Crippen molar-refractivity contribution in [1.29, 1.82) is 0 Å². The van der Waals surface area contributed by atoms with Gasteiger partial charge >= 0.3 is 12.1 Å². The first-order valence-corrected chi connectivity index (χ1v) is 7.12. The predicted octanol–water partition coefficient (Wildman–Crippen LogP) is 2.63. The van der Waals surface area contributed by atoms with Gasteiger partial charge in [-0.1, -0.05) is 33.6 Å². The maximum Gasteiger partial charge on any atom is 0.408 e. The first kappa shape index (κ1) is 15.8. The molecule has 0 unspecified atom stereocenters. The van der Waals surface area contributed by atoms with E-state index in [9.17, 15) is 9.59 Å². The molecule has 5 nitrogen and oxygen atoms in total. The van der Waals surface area contributed by atoms with E-state index in [0.29, 0.717) is 26.1 Å². The molecule has 0 bridgehead atoms. The lowest BCUT2D eigenvalue weighted by Gasteiger charge is -2.27.